The maximum atomic E-state index is 13.8. The van der Waals surface area contributed by atoms with Crippen LogP contribution in [0.5, 0.6) is 0 Å². The topological polar surface area (TPSA) is 86.7 Å². The van der Waals surface area contributed by atoms with Crippen LogP contribution in [0.4, 0.5) is 24.5 Å². The van der Waals surface area contributed by atoms with Crippen LogP contribution in [0.3, 0.4) is 0 Å². The molecule has 0 bridgehead atoms. The minimum atomic E-state index is -4.68. The number of halogens is 3. The van der Waals surface area contributed by atoms with Crippen molar-refractivity contribution in [1.29, 1.82) is 0 Å². The highest BCUT2D eigenvalue weighted by molar-refractivity contribution is 7.92. The van der Waals surface area contributed by atoms with E-state index in [4.69, 9.17) is 5.11 Å². The van der Waals surface area contributed by atoms with Crippen molar-refractivity contribution >= 4 is 27.4 Å². The molecular weight excluding hydrogens is 361 g/mol. The highest BCUT2D eigenvalue weighted by atomic mass is 32.2. The van der Waals surface area contributed by atoms with Crippen molar-refractivity contribution in [1.82, 2.24) is 0 Å². The molecule has 2 N–H and O–H groups in total. The quantitative estimate of drug-likeness (QED) is 0.786. The second-order valence-electron chi connectivity index (χ2n) is 5.22. The zero-order valence-electron chi connectivity index (χ0n) is 13.0. The molecule has 0 saturated carbocycles. The fraction of sp³-hybridized carbons (Fsp3) is 0.133. The van der Waals surface area contributed by atoms with Crippen LogP contribution in [0.1, 0.15) is 10.4 Å². The Hall–Kier alpha value is -2.75. The number of carboxylic acids is 1. The summed E-state index contributed by atoms with van der Waals surface area (Å²) in [4.78, 5) is 11.3. The maximum absolute atomic E-state index is 13.8. The van der Waals surface area contributed by atoms with E-state index in [1.54, 1.807) is 31.1 Å². The van der Waals surface area contributed by atoms with E-state index in [-0.39, 0.29) is 11.8 Å². The van der Waals surface area contributed by atoms with E-state index in [0.29, 0.717) is 0 Å². The van der Waals surface area contributed by atoms with Crippen molar-refractivity contribution in [2.45, 2.75) is 4.90 Å². The second-order valence-corrected chi connectivity index (χ2v) is 6.87. The molecule has 6 nitrogen and oxygen atoms in total. The molecule has 0 aromatic heterocycles. The first-order chi connectivity index (χ1) is 11.5. The van der Waals surface area contributed by atoms with Gasteiger partial charge < -0.3 is 10.0 Å². The molecule has 0 spiro atoms. The van der Waals surface area contributed by atoms with Crippen LogP contribution in [0, 0.1) is 17.5 Å². The molecule has 0 fully saturated rings. The van der Waals surface area contributed by atoms with Gasteiger partial charge in [0.25, 0.3) is 10.0 Å². The summed E-state index contributed by atoms with van der Waals surface area (Å²) in [7, 11) is -1.15. The lowest BCUT2D eigenvalue weighted by atomic mass is 10.2. The molecule has 0 aliphatic rings. The van der Waals surface area contributed by atoms with Gasteiger partial charge in [-0.05, 0) is 30.3 Å². The van der Waals surface area contributed by atoms with Gasteiger partial charge in [-0.15, -0.1) is 0 Å². The molecule has 0 radical (unpaired) electrons. The normalized spacial score (nSPS) is 11.2. The Morgan fingerprint density at radius 3 is 2.08 bits per heavy atom. The van der Waals surface area contributed by atoms with Crippen LogP contribution < -0.4 is 9.62 Å². The standard InChI is InChI=1S/C15H13F3N2O4S/c1-20(2)9-5-3-8(4-6-9)19-25(23,24)11-7-10(15(21)22)12(16)14(18)13(11)17/h3-7,19H,1-2H3,(H,21,22). The minimum Gasteiger partial charge on any atom is -0.478 e. The number of hydrogen-bond acceptors (Lipinski definition) is 4. The molecule has 0 heterocycles. The van der Waals surface area contributed by atoms with E-state index in [9.17, 15) is 26.4 Å². The summed E-state index contributed by atoms with van der Waals surface area (Å²) in [5, 5.41) is 8.79. The number of hydrogen-bond donors (Lipinski definition) is 2. The van der Waals surface area contributed by atoms with E-state index in [0.717, 1.165) is 5.69 Å². The molecular formula is C15H13F3N2O4S. The Morgan fingerprint density at radius 2 is 1.60 bits per heavy atom. The lowest BCUT2D eigenvalue weighted by Crippen LogP contribution is -2.18. The fourth-order valence-corrected chi connectivity index (χ4v) is 3.12. The van der Waals surface area contributed by atoms with E-state index in [1.807, 2.05) is 4.72 Å². The lowest BCUT2D eigenvalue weighted by Gasteiger charge is -2.14. The van der Waals surface area contributed by atoms with Crippen LogP contribution >= 0.6 is 0 Å². The van der Waals surface area contributed by atoms with Gasteiger partial charge in [-0.25, -0.2) is 26.4 Å². The first kappa shape index (κ1) is 18.6. The summed E-state index contributed by atoms with van der Waals surface area (Å²) in [6.07, 6.45) is 0. The van der Waals surface area contributed by atoms with Crippen LogP contribution in [0.25, 0.3) is 0 Å². The highest BCUT2D eigenvalue weighted by Crippen LogP contribution is 2.26. The molecule has 134 valence electrons. The number of carbonyl (C=O) groups is 1. The lowest BCUT2D eigenvalue weighted by molar-refractivity contribution is 0.0690. The Kier molecular flexibility index (Phi) is 4.93. The molecule has 2 rings (SSSR count). The number of nitrogens with zero attached hydrogens (tertiary/aromatic N) is 1. The SMILES string of the molecule is CN(C)c1ccc(NS(=O)(=O)c2cc(C(=O)O)c(F)c(F)c2F)cc1. The summed E-state index contributed by atoms with van der Waals surface area (Å²) < 4.78 is 67.2. The Balaban J connectivity index is 2.47. The van der Waals surface area contributed by atoms with Crippen molar-refractivity contribution in [2.24, 2.45) is 0 Å². The van der Waals surface area contributed by atoms with Crippen molar-refractivity contribution in [3.05, 3.63) is 53.3 Å². The highest BCUT2D eigenvalue weighted by Gasteiger charge is 2.29. The summed E-state index contributed by atoms with van der Waals surface area (Å²) in [5.41, 5.74) is -0.496. The zero-order valence-corrected chi connectivity index (χ0v) is 13.9. The number of nitrogens with one attached hydrogen (secondary N) is 1. The van der Waals surface area contributed by atoms with E-state index in [1.165, 1.54) is 12.1 Å². The van der Waals surface area contributed by atoms with Gasteiger partial charge in [0.2, 0.25) is 0 Å². The fourth-order valence-electron chi connectivity index (χ4n) is 1.97. The predicted molar refractivity (Wildman–Crippen MR) is 84.9 cm³/mol. The summed E-state index contributed by atoms with van der Waals surface area (Å²) in [6.45, 7) is 0. The number of carboxylic acid groups (broad SMARTS) is 1. The van der Waals surface area contributed by atoms with E-state index >= 15 is 0 Å². The van der Waals surface area contributed by atoms with Gasteiger partial charge in [-0.1, -0.05) is 0 Å². The van der Waals surface area contributed by atoms with Gasteiger partial charge in [0.05, 0.1) is 5.56 Å². The van der Waals surface area contributed by atoms with Gasteiger partial charge in [-0.3, -0.25) is 4.72 Å². The average Bonchev–Trinajstić information content (AvgIpc) is 2.52. The molecule has 0 atom stereocenters. The number of benzene rings is 2. The largest absolute Gasteiger partial charge is 0.478 e. The number of anilines is 2. The molecule has 0 aliphatic heterocycles. The number of sulfonamides is 1. The smallest absolute Gasteiger partial charge is 0.338 e. The summed E-state index contributed by atoms with van der Waals surface area (Å²) >= 11 is 0. The Labute approximate surface area is 141 Å². The van der Waals surface area contributed by atoms with Crippen molar-refractivity contribution in [2.75, 3.05) is 23.7 Å². The van der Waals surface area contributed by atoms with Crippen LogP contribution in [-0.2, 0) is 10.0 Å². The molecule has 10 heteroatoms. The second kappa shape index (κ2) is 6.63. The number of aromatic carboxylic acids is 1. The first-order valence-corrected chi connectivity index (χ1v) is 8.24. The Morgan fingerprint density at radius 1 is 1.04 bits per heavy atom. The van der Waals surface area contributed by atoms with Crippen LogP contribution in [-0.4, -0.2) is 33.6 Å². The molecule has 25 heavy (non-hydrogen) atoms. The summed E-state index contributed by atoms with van der Waals surface area (Å²) in [6, 6.07) is 6.13. The molecule has 0 unspecified atom stereocenters. The van der Waals surface area contributed by atoms with Gasteiger partial charge >= 0.3 is 5.97 Å². The molecule has 2 aromatic rings. The summed E-state index contributed by atoms with van der Waals surface area (Å²) in [5.74, 6) is -8.08. The molecule has 0 saturated heterocycles. The monoisotopic (exact) mass is 374 g/mol. The van der Waals surface area contributed by atoms with Crippen molar-refractivity contribution < 1.29 is 31.5 Å². The average molecular weight is 374 g/mol. The molecule has 0 amide bonds. The zero-order chi connectivity index (χ0) is 18.9. The third-order valence-corrected chi connectivity index (χ3v) is 4.65. The minimum absolute atomic E-state index is 0.0339. The van der Waals surface area contributed by atoms with Gasteiger partial charge in [0.1, 0.15) is 4.90 Å². The van der Waals surface area contributed by atoms with Crippen LogP contribution in [0.15, 0.2) is 35.2 Å². The van der Waals surface area contributed by atoms with Gasteiger partial charge in [0, 0.05) is 25.5 Å². The van der Waals surface area contributed by atoms with E-state index in [2.05, 4.69) is 0 Å². The predicted octanol–water partition coefficient (Wildman–Crippen LogP) is 2.67. The third-order valence-electron chi connectivity index (χ3n) is 3.27. The first-order valence-electron chi connectivity index (χ1n) is 6.75. The van der Waals surface area contributed by atoms with Crippen LogP contribution in [0.2, 0.25) is 0 Å². The number of rotatable bonds is 5. The third kappa shape index (κ3) is 3.68. The maximum Gasteiger partial charge on any atom is 0.338 e. The van der Waals surface area contributed by atoms with Gasteiger partial charge in [0.15, 0.2) is 17.5 Å². The Bertz CT molecular complexity index is 929. The van der Waals surface area contributed by atoms with E-state index < -0.39 is 43.9 Å². The van der Waals surface area contributed by atoms with Crippen molar-refractivity contribution in [3.63, 3.8) is 0 Å². The molecule has 2 aromatic carbocycles. The van der Waals surface area contributed by atoms with Gasteiger partial charge in [-0.2, -0.15) is 0 Å². The molecule has 0 aliphatic carbocycles. The van der Waals surface area contributed by atoms with Crippen molar-refractivity contribution in [3.8, 4) is 0 Å².